The summed E-state index contributed by atoms with van der Waals surface area (Å²) in [4.78, 5) is 24.3. The van der Waals surface area contributed by atoms with Crippen molar-refractivity contribution in [1.82, 2.24) is 39.9 Å². The minimum Gasteiger partial charge on any atom is -0.309 e. The van der Waals surface area contributed by atoms with Crippen molar-refractivity contribution >= 4 is 73.3 Å². The van der Waals surface area contributed by atoms with E-state index in [0.717, 1.165) is 11.4 Å². The van der Waals surface area contributed by atoms with Gasteiger partial charge in [-0.05, 0) is 97.6 Å². The van der Waals surface area contributed by atoms with Crippen LogP contribution in [0.5, 0.6) is 0 Å². The predicted octanol–water partition coefficient (Wildman–Crippen LogP) is 5.86. The molecule has 30 heavy (non-hydrogen) atoms. The van der Waals surface area contributed by atoms with Gasteiger partial charge >= 0.3 is 0 Å². The molecule has 0 aliphatic rings. The highest BCUT2D eigenvalue weighted by Crippen LogP contribution is 2.10. The number of nitrogens with one attached hydrogen (secondary N) is 6. The van der Waals surface area contributed by atoms with Crippen molar-refractivity contribution < 1.29 is 0 Å². The molecule has 6 N–H and O–H groups in total. The summed E-state index contributed by atoms with van der Waals surface area (Å²) in [5.41, 5.74) is 1.83. The Morgan fingerprint density at radius 3 is 0.900 bits per heavy atom. The highest BCUT2D eigenvalue weighted by Gasteiger charge is 1.95. The highest BCUT2D eigenvalue weighted by atomic mass is 32.1. The Morgan fingerprint density at radius 1 is 0.433 bits per heavy atom. The molecule has 0 radical (unpaired) electrons. The Kier molecular flexibility index (Phi) is 9.85. The molecule has 4 heterocycles. The van der Waals surface area contributed by atoms with Crippen LogP contribution in [0.25, 0.3) is 11.4 Å². The van der Waals surface area contributed by atoms with E-state index in [0.29, 0.717) is 28.6 Å². The van der Waals surface area contributed by atoms with Crippen LogP contribution in [-0.2, 0) is 0 Å². The zero-order valence-corrected chi connectivity index (χ0v) is 19.9. The fourth-order valence-corrected chi connectivity index (χ4v) is 3.45. The number of nitrogens with zero attached hydrogens (tertiary/aromatic N) is 2. The molecule has 0 aromatic carbocycles. The van der Waals surface area contributed by atoms with Crippen LogP contribution in [0.3, 0.4) is 0 Å². The van der Waals surface area contributed by atoms with E-state index < -0.39 is 0 Å². The molecule has 8 nitrogen and oxygen atoms in total. The maximum Gasteiger partial charge on any atom is 0.178 e. The van der Waals surface area contributed by atoms with Crippen LogP contribution in [-0.4, -0.2) is 39.9 Å². The number of aromatic nitrogens is 8. The van der Waals surface area contributed by atoms with Crippen LogP contribution in [0.4, 0.5) is 0 Å². The first-order valence-corrected chi connectivity index (χ1v) is 10.5. The SMILES string of the molecule is S=c1[nH]c(=S)[nH]c(=S)[nH]1.S=c1[nH]c(=S)[nH]c(=S)[nH]1.c1ccc(-c2ccccn2)nc1. The third kappa shape index (κ3) is 8.98. The first-order chi connectivity index (χ1) is 14.3. The van der Waals surface area contributed by atoms with E-state index in [4.69, 9.17) is 73.3 Å². The molecule has 4 aromatic heterocycles. The second kappa shape index (κ2) is 12.4. The fourth-order valence-electron chi connectivity index (χ4n) is 1.83. The van der Waals surface area contributed by atoms with E-state index >= 15 is 0 Å². The molecule has 0 amide bonds. The number of H-pyrrole nitrogens is 6. The summed E-state index contributed by atoms with van der Waals surface area (Å²) < 4.78 is 2.69. The molecular weight excluding hydrogens is 497 g/mol. The second-order valence-corrected chi connectivity index (χ2v) is 7.60. The van der Waals surface area contributed by atoms with Crippen LogP contribution in [0, 0.1) is 28.6 Å². The average molecular weight is 511 g/mol. The fraction of sp³-hybridized carbons (Fsp3) is 0. The van der Waals surface area contributed by atoms with Crippen molar-refractivity contribution in [3.05, 3.63) is 77.4 Å². The summed E-state index contributed by atoms with van der Waals surface area (Å²) in [6, 6.07) is 11.6. The van der Waals surface area contributed by atoms with Gasteiger partial charge in [0.05, 0.1) is 11.4 Å². The Hall–Kier alpha value is -2.36. The quantitative estimate of drug-likeness (QED) is 0.176. The zero-order chi connectivity index (χ0) is 21.9. The summed E-state index contributed by atoms with van der Waals surface area (Å²) >= 11 is 28.3. The van der Waals surface area contributed by atoms with Crippen LogP contribution in [0.1, 0.15) is 0 Å². The van der Waals surface area contributed by atoms with Gasteiger partial charge in [0.1, 0.15) is 0 Å². The van der Waals surface area contributed by atoms with Gasteiger partial charge in [0.15, 0.2) is 28.6 Å². The maximum atomic E-state index is 4.72. The molecule has 0 aliphatic carbocycles. The van der Waals surface area contributed by atoms with E-state index in [1.807, 2.05) is 36.4 Å². The standard InChI is InChI=1S/C10H8N2.2C3H3N3S3/c1-3-7-11-9(5-1)10-6-2-4-8-12-10;2*7-1-4-2(8)6-3(9)5-1/h1-8H;2*(H3,4,5,6,7,8,9). The number of hydrogen-bond acceptors (Lipinski definition) is 8. The number of hydrogen-bond donors (Lipinski definition) is 6. The van der Waals surface area contributed by atoms with Crippen molar-refractivity contribution in [3.63, 3.8) is 0 Å². The molecule has 4 rings (SSSR count). The molecule has 0 aliphatic heterocycles. The van der Waals surface area contributed by atoms with Crippen molar-refractivity contribution in [2.24, 2.45) is 0 Å². The molecule has 0 bridgehead atoms. The molecule has 14 heteroatoms. The zero-order valence-electron chi connectivity index (χ0n) is 15.0. The Morgan fingerprint density at radius 2 is 0.700 bits per heavy atom. The van der Waals surface area contributed by atoms with Crippen molar-refractivity contribution in [2.45, 2.75) is 0 Å². The second-order valence-electron chi connectivity index (χ2n) is 5.15. The van der Waals surface area contributed by atoms with Gasteiger partial charge in [0.2, 0.25) is 0 Å². The lowest BCUT2D eigenvalue weighted by atomic mass is 10.2. The summed E-state index contributed by atoms with van der Waals surface area (Å²) in [5, 5.41) is 0. The smallest absolute Gasteiger partial charge is 0.178 e. The summed E-state index contributed by atoms with van der Waals surface area (Å²) in [6.07, 6.45) is 3.54. The molecule has 0 spiro atoms. The molecule has 0 atom stereocenters. The van der Waals surface area contributed by atoms with Gasteiger partial charge in [-0.1, -0.05) is 12.1 Å². The van der Waals surface area contributed by atoms with E-state index in [9.17, 15) is 0 Å². The van der Waals surface area contributed by atoms with Gasteiger partial charge in [-0.3, -0.25) is 9.97 Å². The average Bonchev–Trinajstić information content (AvgIpc) is 2.68. The molecule has 154 valence electrons. The lowest BCUT2D eigenvalue weighted by Gasteiger charge is -1.96. The highest BCUT2D eigenvalue weighted by molar-refractivity contribution is 7.72. The number of pyridine rings is 2. The van der Waals surface area contributed by atoms with Crippen LogP contribution < -0.4 is 0 Å². The molecule has 0 saturated carbocycles. The van der Waals surface area contributed by atoms with Crippen molar-refractivity contribution in [2.75, 3.05) is 0 Å². The Balaban J connectivity index is 0.000000163. The predicted molar refractivity (Wildman–Crippen MR) is 131 cm³/mol. The van der Waals surface area contributed by atoms with Gasteiger partial charge in [-0.25, -0.2) is 0 Å². The van der Waals surface area contributed by atoms with E-state index in [-0.39, 0.29) is 0 Å². The van der Waals surface area contributed by atoms with E-state index in [1.165, 1.54) is 0 Å². The number of aromatic amines is 6. The lowest BCUT2D eigenvalue weighted by molar-refractivity contribution is 0.983. The van der Waals surface area contributed by atoms with Gasteiger partial charge in [-0.15, -0.1) is 0 Å². The van der Waals surface area contributed by atoms with Gasteiger partial charge < -0.3 is 29.9 Å². The Bertz CT molecular complexity index is 1140. The minimum atomic E-state index is 0.448. The lowest BCUT2D eigenvalue weighted by Crippen LogP contribution is -1.86. The third-order valence-electron chi connectivity index (χ3n) is 2.95. The van der Waals surface area contributed by atoms with Gasteiger partial charge in [0.25, 0.3) is 0 Å². The molecular formula is C16H14N8S6. The molecule has 0 unspecified atom stereocenters. The summed E-state index contributed by atoms with van der Waals surface area (Å²) in [5.74, 6) is 0. The third-order valence-corrected chi connectivity index (χ3v) is 4.18. The topological polar surface area (TPSA) is 121 Å². The van der Waals surface area contributed by atoms with Crippen molar-refractivity contribution in [1.29, 1.82) is 0 Å². The van der Waals surface area contributed by atoms with Crippen LogP contribution in [0.2, 0.25) is 0 Å². The Labute approximate surface area is 201 Å². The normalized spacial score (nSPS) is 9.47. The van der Waals surface area contributed by atoms with Gasteiger partial charge in [-0.2, -0.15) is 0 Å². The van der Waals surface area contributed by atoms with E-state index in [2.05, 4.69) is 39.9 Å². The first-order valence-electron chi connectivity index (χ1n) is 8.02. The molecule has 4 aromatic rings. The number of rotatable bonds is 1. The summed E-state index contributed by atoms with van der Waals surface area (Å²) in [7, 11) is 0. The minimum absolute atomic E-state index is 0.448. The summed E-state index contributed by atoms with van der Waals surface area (Å²) in [6.45, 7) is 0. The van der Waals surface area contributed by atoms with E-state index in [1.54, 1.807) is 12.4 Å². The van der Waals surface area contributed by atoms with Crippen LogP contribution in [0.15, 0.2) is 48.8 Å². The molecule has 0 saturated heterocycles. The largest absolute Gasteiger partial charge is 0.309 e. The van der Waals surface area contributed by atoms with Gasteiger partial charge in [0, 0.05) is 12.4 Å². The monoisotopic (exact) mass is 510 g/mol. The van der Waals surface area contributed by atoms with Crippen molar-refractivity contribution in [3.8, 4) is 11.4 Å². The maximum absolute atomic E-state index is 4.72. The molecule has 0 fully saturated rings. The first kappa shape index (κ1) is 23.9. The van der Waals surface area contributed by atoms with Crippen LogP contribution >= 0.6 is 73.3 Å².